The summed E-state index contributed by atoms with van der Waals surface area (Å²) in [6, 6.07) is 12.1. The fourth-order valence-electron chi connectivity index (χ4n) is 2.17. The van der Waals surface area contributed by atoms with Crippen molar-refractivity contribution in [1.82, 2.24) is 4.98 Å². The minimum absolute atomic E-state index is 0.466. The van der Waals surface area contributed by atoms with Crippen molar-refractivity contribution in [2.75, 3.05) is 6.54 Å². The Morgan fingerprint density at radius 3 is 2.75 bits per heavy atom. The maximum Gasteiger partial charge on any atom is 0.222 e. The van der Waals surface area contributed by atoms with Crippen LogP contribution in [0.5, 0.6) is 11.6 Å². The van der Waals surface area contributed by atoms with Gasteiger partial charge in [0.25, 0.3) is 0 Å². The zero-order valence-electron chi connectivity index (χ0n) is 12.2. The van der Waals surface area contributed by atoms with Gasteiger partial charge in [-0.2, -0.15) is 0 Å². The van der Waals surface area contributed by atoms with Crippen LogP contribution < -0.4 is 10.5 Å². The highest BCUT2D eigenvalue weighted by atomic mass is 16.5. The molecular weight excluding hydrogens is 248 g/mol. The zero-order chi connectivity index (χ0) is 14.4. The van der Waals surface area contributed by atoms with E-state index >= 15 is 0 Å². The van der Waals surface area contributed by atoms with Crippen molar-refractivity contribution in [1.29, 1.82) is 0 Å². The van der Waals surface area contributed by atoms with Crippen molar-refractivity contribution < 1.29 is 4.74 Å². The van der Waals surface area contributed by atoms with Crippen LogP contribution in [0.2, 0.25) is 0 Å². The van der Waals surface area contributed by atoms with Crippen molar-refractivity contribution in [3.8, 4) is 11.6 Å². The second-order valence-electron chi connectivity index (χ2n) is 4.96. The third kappa shape index (κ3) is 3.36. The number of benzene rings is 1. The molecular formula is C17H22N2O. The molecule has 0 aliphatic carbocycles. The second kappa shape index (κ2) is 7.06. The summed E-state index contributed by atoms with van der Waals surface area (Å²) in [7, 11) is 0. The van der Waals surface area contributed by atoms with Crippen LogP contribution in [0.1, 0.15) is 37.3 Å². The molecule has 2 aromatic rings. The molecule has 1 atom stereocenters. The zero-order valence-corrected chi connectivity index (χ0v) is 12.2. The number of aromatic nitrogens is 1. The van der Waals surface area contributed by atoms with Gasteiger partial charge in [0.15, 0.2) is 0 Å². The van der Waals surface area contributed by atoms with Crippen molar-refractivity contribution in [3.05, 3.63) is 53.7 Å². The summed E-state index contributed by atoms with van der Waals surface area (Å²) in [5, 5.41) is 0. The first-order valence-corrected chi connectivity index (χ1v) is 7.17. The number of pyridine rings is 1. The van der Waals surface area contributed by atoms with Gasteiger partial charge in [0.05, 0.1) is 0 Å². The Bertz CT molecular complexity index is 554. The first-order valence-electron chi connectivity index (χ1n) is 7.17. The molecule has 2 rings (SSSR count). The lowest BCUT2D eigenvalue weighted by Crippen LogP contribution is -2.05. The van der Waals surface area contributed by atoms with Crippen LogP contribution in [0.3, 0.4) is 0 Å². The van der Waals surface area contributed by atoms with Crippen LogP contribution in [0.15, 0.2) is 42.6 Å². The normalized spacial score (nSPS) is 12.2. The van der Waals surface area contributed by atoms with Crippen LogP contribution in [-0.2, 0) is 6.42 Å². The van der Waals surface area contributed by atoms with Crippen LogP contribution in [0.25, 0.3) is 0 Å². The molecule has 0 amide bonds. The van der Waals surface area contributed by atoms with E-state index in [1.807, 2.05) is 30.3 Å². The Hall–Kier alpha value is -1.87. The van der Waals surface area contributed by atoms with E-state index in [-0.39, 0.29) is 0 Å². The monoisotopic (exact) mass is 270 g/mol. The molecule has 106 valence electrons. The number of para-hydroxylation sites is 1. The minimum Gasteiger partial charge on any atom is -0.438 e. The predicted octanol–water partition coefficient (Wildman–Crippen LogP) is 3.89. The quantitative estimate of drug-likeness (QED) is 0.866. The van der Waals surface area contributed by atoms with E-state index in [1.165, 1.54) is 5.56 Å². The van der Waals surface area contributed by atoms with Crippen LogP contribution in [0, 0.1) is 0 Å². The van der Waals surface area contributed by atoms with Crippen molar-refractivity contribution in [2.24, 2.45) is 5.73 Å². The van der Waals surface area contributed by atoms with Crippen molar-refractivity contribution >= 4 is 0 Å². The summed E-state index contributed by atoms with van der Waals surface area (Å²) in [4.78, 5) is 4.34. The number of rotatable bonds is 6. The first kappa shape index (κ1) is 14.5. The summed E-state index contributed by atoms with van der Waals surface area (Å²) >= 11 is 0. The van der Waals surface area contributed by atoms with E-state index < -0.39 is 0 Å². The Balaban J connectivity index is 2.30. The molecule has 0 aliphatic rings. The van der Waals surface area contributed by atoms with E-state index in [1.54, 1.807) is 6.20 Å². The van der Waals surface area contributed by atoms with Gasteiger partial charge in [-0.1, -0.05) is 38.1 Å². The van der Waals surface area contributed by atoms with Crippen LogP contribution in [0.4, 0.5) is 0 Å². The summed E-state index contributed by atoms with van der Waals surface area (Å²) in [6.07, 6.45) is 3.61. The third-order valence-electron chi connectivity index (χ3n) is 3.53. The SMILES string of the molecule is CCC(C)c1ccccc1Oc1ncccc1CCN. The highest BCUT2D eigenvalue weighted by Gasteiger charge is 2.12. The number of hydrogen-bond acceptors (Lipinski definition) is 3. The van der Waals surface area contributed by atoms with Gasteiger partial charge in [0.1, 0.15) is 5.75 Å². The van der Waals surface area contributed by atoms with Crippen LogP contribution in [-0.4, -0.2) is 11.5 Å². The maximum atomic E-state index is 6.05. The molecule has 0 fully saturated rings. The summed E-state index contributed by atoms with van der Waals surface area (Å²) in [5.74, 6) is 2.01. The molecule has 1 heterocycles. The lowest BCUT2D eigenvalue weighted by Gasteiger charge is -2.16. The fourth-order valence-corrected chi connectivity index (χ4v) is 2.17. The molecule has 0 bridgehead atoms. The molecule has 0 spiro atoms. The molecule has 0 aliphatic heterocycles. The summed E-state index contributed by atoms with van der Waals surface area (Å²) in [6.45, 7) is 4.98. The largest absolute Gasteiger partial charge is 0.438 e. The molecule has 3 nitrogen and oxygen atoms in total. The van der Waals surface area contributed by atoms with Gasteiger partial charge in [-0.05, 0) is 43.0 Å². The lowest BCUT2D eigenvalue weighted by molar-refractivity contribution is 0.446. The van der Waals surface area contributed by atoms with Gasteiger partial charge in [0, 0.05) is 11.8 Å². The van der Waals surface area contributed by atoms with Gasteiger partial charge >= 0.3 is 0 Å². The topological polar surface area (TPSA) is 48.1 Å². The molecule has 1 aromatic heterocycles. The first-order chi connectivity index (χ1) is 9.76. The summed E-state index contributed by atoms with van der Waals surface area (Å²) < 4.78 is 6.05. The molecule has 20 heavy (non-hydrogen) atoms. The van der Waals surface area contributed by atoms with Gasteiger partial charge in [-0.25, -0.2) is 4.98 Å². The smallest absolute Gasteiger partial charge is 0.222 e. The molecule has 2 N–H and O–H groups in total. The van der Waals surface area contributed by atoms with Gasteiger partial charge in [0.2, 0.25) is 5.88 Å². The van der Waals surface area contributed by atoms with E-state index in [4.69, 9.17) is 10.5 Å². The Labute approximate surface area is 120 Å². The van der Waals surface area contributed by atoms with Gasteiger partial charge in [-0.3, -0.25) is 0 Å². The Kier molecular flexibility index (Phi) is 5.13. The van der Waals surface area contributed by atoms with E-state index in [9.17, 15) is 0 Å². The number of hydrogen-bond donors (Lipinski definition) is 1. The molecule has 0 saturated carbocycles. The van der Waals surface area contributed by atoms with E-state index in [0.29, 0.717) is 18.3 Å². The van der Waals surface area contributed by atoms with Gasteiger partial charge in [-0.15, -0.1) is 0 Å². The van der Waals surface area contributed by atoms with E-state index in [2.05, 4.69) is 24.9 Å². The number of nitrogens with two attached hydrogens (primary N) is 1. The standard InChI is InChI=1S/C17H22N2O/c1-3-13(2)15-8-4-5-9-16(15)20-17-14(10-11-18)7-6-12-19-17/h4-9,12-13H,3,10-11,18H2,1-2H3. The van der Waals surface area contributed by atoms with E-state index in [0.717, 1.165) is 24.2 Å². The molecule has 1 aromatic carbocycles. The molecule has 0 radical (unpaired) electrons. The van der Waals surface area contributed by atoms with Crippen molar-refractivity contribution in [2.45, 2.75) is 32.6 Å². The number of ether oxygens (including phenoxy) is 1. The molecule has 0 saturated heterocycles. The Morgan fingerprint density at radius 1 is 1.20 bits per heavy atom. The second-order valence-corrected chi connectivity index (χ2v) is 4.96. The molecule has 1 unspecified atom stereocenters. The average molecular weight is 270 g/mol. The van der Waals surface area contributed by atoms with Gasteiger partial charge < -0.3 is 10.5 Å². The average Bonchev–Trinajstić information content (AvgIpc) is 2.49. The highest BCUT2D eigenvalue weighted by Crippen LogP contribution is 2.32. The molecule has 3 heteroatoms. The summed E-state index contributed by atoms with van der Waals surface area (Å²) in [5.41, 5.74) is 7.91. The minimum atomic E-state index is 0.466. The fraction of sp³-hybridized carbons (Fsp3) is 0.353. The lowest BCUT2D eigenvalue weighted by atomic mass is 9.98. The van der Waals surface area contributed by atoms with Crippen LogP contribution >= 0.6 is 0 Å². The third-order valence-corrected chi connectivity index (χ3v) is 3.53. The van der Waals surface area contributed by atoms with Crippen molar-refractivity contribution in [3.63, 3.8) is 0 Å². The predicted molar refractivity (Wildman–Crippen MR) is 82.2 cm³/mol. The Morgan fingerprint density at radius 2 is 2.00 bits per heavy atom. The highest BCUT2D eigenvalue weighted by molar-refractivity contribution is 5.40. The maximum absolute atomic E-state index is 6.05. The number of nitrogens with zero attached hydrogens (tertiary/aromatic N) is 1.